The molecule has 7 nitrogen and oxygen atoms in total. The third-order valence-corrected chi connectivity index (χ3v) is 2.69. The van der Waals surface area contributed by atoms with Gasteiger partial charge in [-0.3, -0.25) is 4.79 Å². The molecule has 0 bridgehead atoms. The van der Waals surface area contributed by atoms with Gasteiger partial charge in [0, 0.05) is 0 Å². The maximum Gasteiger partial charge on any atom is 0.443 e. The molecule has 76 valence electrons. The SMILES string of the molecule is O=C1[C@H](O)[C@@H](CO)O[C@@H]1[P+](O)(O)O. The highest BCUT2D eigenvalue weighted by Crippen LogP contribution is 2.53. The molecule has 0 aliphatic carbocycles. The lowest BCUT2D eigenvalue weighted by molar-refractivity contribution is -0.125. The molecule has 0 amide bonds. The van der Waals surface area contributed by atoms with Gasteiger partial charge in [-0.25, -0.2) is 0 Å². The van der Waals surface area contributed by atoms with Crippen molar-refractivity contribution in [3.05, 3.63) is 0 Å². The summed E-state index contributed by atoms with van der Waals surface area (Å²) < 4.78 is 4.55. The number of aliphatic hydroxyl groups is 2. The van der Waals surface area contributed by atoms with E-state index < -0.39 is 38.4 Å². The molecule has 1 saturated heterocycles. The van der Waals surface area contributed by atoms with Crippen LogP contribution in [-0.4, -0.2) is 55.3 Å². The standard InChI is InChI=1S/C5H10O7P/c6-1-2-3(7)4(8)5(12-2)13(9,10)11/h2-3,5-7,9-11H,1H2/q+1/t2-,3-,5-/m1/s1. The molecule has 0 spiro atoms. The second kappa shape index (κ2) is 3.55. The minimum atomic E-state index is -4.45. The highest BCUT2D eigenvalue weighted by molar-refractivity contribution is 7.60. The van der Waals surface area contributed by atoms with E-state index in [1.807, 2.05) is 0 Å². The Hall–Kier alpha value is -0.140. The predicted molar refractivity (Wildman–Crippen MR) is 40.3 cm³/mol. The fraction of sp³-hybridized carbons (Fsp3) is 0.800. The Morgan fingerprint density at radius 2 is 1.92 bits per heavy atom. The van der Waals surface area contributed by atoms with E-state index in [-0.39, 0.29) is 0 Å². The van der Waals surface area contributed by atoms with Crippen LogP contribution < -0.4 is 0 Å². The zero-order chi connectivity index (χ0) is 10.2. The largest absolute Gasteiger partial charge is 0.443 e. The zero-order valence-corrected chi connectivity index (χ0v) is 7.33. The summed E-state index contributed by atoms with van der Waals surface area (Å²) in [6, 6.07) is 0. The number of ketones is 1. The molecule has 1 heterocycles. The van der Waals surface area contributed by atoms with E-state index in [1.165, 1.54) is 0 Å². The van der Waals surface area contributed by atoms with E-state index in [0.717, 1.165) is 0 Å². The molecule has 0 radical (unpaired) electrons. The maximum absolute atomic E-state index is 11.0. The second-order valence-corrected chi connectivity index (χ2v) is 4.37. The lowest BCUT2D eigenvalue weighted by Gasteiger charge is -2.10. The number of Topliss-reactive ketones (excluding diaryl/α,β-unsaturated/α-hetero) is 1. The van der Waals surface area contributed by atoms with Crippen molar-refractivity contribution in [3.63, 3.8) is 0 Å². The molecule has 1 fully saturated rings. The van der Waals surface area contributed by atoms with Gasteiger partial charge < -0.3 is 14.9 Å². The Labute approximate surface area is 73.8 Å². The normalized spacial score (nSPS) is 35.5. The highest BCUT2D eigenvalue weighted by atomic mass is 31.2. The molecule has 0 saturated carbocycles. The molecule has 0 aromatic heterocycles. The quantitative estimate of drug-likeness (QED) is 0.317. The summed E-state index contributed by atoms with van der Waals surface area (Å²) in [7, 11) is -4.45. The van der Waals surface area contributed by atoms with Crippen LogP contribution in [0.1, 0.15) is 0 Å². The van der Waals surface area contributed by atoms with Gasteiger partial charge in [0.05, 0.1) is 6.61 Å². The summed E-state index contributed by atoms with van der Waals surface area (Å²) in [5.41, 5.74) is 0. The smallest absolute Gasteiger partial charge is 0.394 e. The van der Waals surface area contributed by atoms with Crippen LogP contribution in [0.2, 0.25) is 0 Å². The molecule has 0 unspecified atom stereocenters. The molecule has 5 N–H and O–H groups in total. The minimum Gasteiger partial charge on any atom is -0.394 e. The van der Waals surface area contributed by atoms with Crippen LogP contribution in [0.4, 0.5) is 0 Å². The molecule has 1 rings (SSSR count). The van der Waals surface area contributed by atoms with Crippen LogP contribution in [0.5, 0.6) is 0 Å². The molecule has 13 heavy (non-hydrogen) atoms. The van der Waals surface area contributed by atoms with E-state index in [0.29, 0.717) is 0 Å². The van der Waals surface area contributed by atoms with Gasteiger partial charge in [0.1, 0.15) is 12.2 Å². The number of ether oxygens (including phenoxy) is 1. The third-order valence-electron chi connectivity index (χ3n) is 1.69. The molecule has 0 aromatic carbocycles. The fourth-order valence-electron chi connectivity index (χ4n) is 1.03. The van der Waals surface area contributed by atoms with Crippen molar-refractivity contribution in [2.24, 2.45) is 0 Å². The summed E-state index contributed by atoms with van der Waals surface area (Å²) in [4.78, 5) is 37.1. The predicted octanol–water partition coefficient (Wildman–Crippen LogP) is -2.63. The van der Waals surface area contributed by atoms with Gasteiger partial charge in [-0.05, 0) is 0 Å². The first-order valence-corrected chi connectivity index (χ1v) is 5.14. The Kier molecular flexibility index (Phi) is 2.98. The Morgan fingerprint density at radius 3 is 2.15 bits per heavy atom. The maximum atomic E-state index is 11.0. The van der Waals surface area contributed by atoms with Crippen molar-refractivity contribution in [3.8, 4) is 0 Å². The first-order chi connectivity index (χ1) is 5.88. The summed E-state index contributed by atoms with van der Waals surface area (Å²) in [6.07, 6.45) is -2.83. The van der Waals surface area contributed by atoms with Gasteiger partial charge in [0.25, 0.3) is 0 Å². The van der Waals surface area contributed by atoms with Crippen molar-refractivity contribution in [2.75, 3.05) is 6.61 Å². The van der Waals surface area contributed by atoms with E-state index in [1.54, 1.807) is 0 Å². The molecular formula is C5H10O7P+. The number of carbonyl (C=O) groups is 1. The Bertz CT molecular complexity index is 211. The third kappa shape index (κ3) is 2.03. The van der Waals surface area contributed by atoms with Crippen molar-refractivity contribution in [1.29, 1.82) is 0 Å². The van der Waals surface area contributed by atoms with E-state index in [2.05, 4.69) is 4.74 Å². The highest BCUT2D eigenvalue weighted by Gasteiger charge is 2.58. The van der Waals surface area contributed by atoms with Crippen molar-refractivity contribution in [2.45, 2.75) is 18.1 Å². The number of aliphatic hydroxyl groups excluding tert-OH is 2. The van der Waals surface area contributed by atoms with Gasteiger partial charge in [-0.2, -0.15) is 14.7 Å². The molecule has 1 aliphatic heterocycles. The first-order valence-electron chi connectivity index (χ1n) is 3.43. The summed E-state index contributed by atoms with van der Waals surface area (Å²) in [5.74, 6) is -2.86. The lowest BCUT2D eigenvalue weighted by atomic mass is 10.2. The van der Waals surface area contributed by atoms with Gasteiger partial charge in [-0.1, -0.05) is 0 Å². The Balaban J connectivity index is 2.78. The van der Waals surface area contributed by atoms with Gasteiger partial charge in [0.15, 0.2) is 0 Å². The monoisotopic (exact) mass is 213 g/mol. The summed E-state index contributed by atoms with van der Waals surface area (Å²) in [5, 5.41) is 17.6. The van der Waals surface area contributed by atoms with E-state index >= 15 is 0 Å². The van der Waals surface area contributed by atoms with E-state index in [9.17, 15) is 4.79 Å². The number of rotatable bonds is 2. The van der Waals surface area contributed by atoms with Crippen LogP contribution in [0, 0.1) is 0 Å². The van der Waals surface area contributed by atoms with Crippen molar-refractivity contribution >= 4 is 13.7 Å². The molecule has 0 aromatic rings. The van der Waals surface area contributed by atoms with Crippen LogP contribution >= 0.6 is 7.94 Å². The average Bonchev–Trinajstić information content (AvgIpc) is 2.28. The van der Waals surface area contributed by atoms with Gasteiger partial charge in [-0.15, -0.1) is 0 Å². The molecule has 8 heteroatoms. The second-order valence-electron chi connectivity index (χ2n) is 2.67. The van der Waals surface area contributed by atoms with Crippen LogP contribution in [-0.2, 0) is 9.53 Å². The topological polar surface area (TPSA) is 127 Å². The lowest BCUT2D eigenvalue weighted by Crippen LogP contribution is -2.30. The summed E-state index contributed by atoms with van der Waals surface area (Å²) in [6.45, 7) is -0.636. The van der Waals surface area contributed by atoms with Crippen LogP contribution in [0.15, 0.2) is 0 Å². The number of hydrogen-bond acceptors (Lipinski definition) is 7. The summed E-state index contributed by atoms with van der Waals surface area (Å²) >= 11 is 0. The van der Waals surface area contributed by atoms with Crippen LogP contribution in [0.3, 0.4) is 0 Å². The van der Waals surface area contributed by atoms with Gasteiger partial charge in [0.2, 0.25) is 5.78 Å². The van der Waals surface area contributed by atoms with E-state index in [4.69, 9.17) is 24.9 Å². The molecule has 3 atom stereocenters. The minimum absolute atomic E-state index is 0.636. The van der Waals surface area contributed by atoms with Crippen molar-refractivity contribution in [1.82, 2.24) is 0 Å². The molecule has 1 aliphatic rings. The Morgan fingerprint density at radius 1 is 1.38 bits per heavy atom. The zero-order valence-electron chi connectivity index (χ0n) is 6.44. The van der Waals surface area contributed by atoms with Crippen molar-refractivity contribution < 1.29 is 34.4 Å². The molecular weight excluding hydrogens is 203 g/mol. The van der Waals surface area contributed by atoms with Crippen LogP contribution in [0.25, 0.3) is 0 Å². The number of carbonyl (C=O) groups excluding carboxylic acids is 1. The average molecular weight is 213 g/mol. The number of hydrogen-bond donors (Lipinski definition) is 5. The van der Waals surface area contributed by atoms with Gasteiger partial charge >= 0.3 is 13.8 Å². The first kappa shape index (κ1) is 10.9. The fourth-order valence-corrected chi connectivity index (χ4v) is 1.85.